The summed E-state index contributed by atoms with van der Waals surface area (Å²) in [4.78, 5) is 7.25. The fourth-order valence-electron chi connectivity index (χ4n) is 3.34. The maximum atomic E-state index is 4.71. The number of anilines is 1. The lowest BCUT2D eigenvalue weighted by atomic mass is 9.94. The molecule has 3 nitrogen and oxygen atoms in total. The van der Waals surface area contributed by atoms with E-state index in [0.717, 1.165) is 19.1 Å². The van der Waals surface area contributed by atoms with Crippen LogP contribution in [0, 0.1) is 0 Å². The largest absolute Gasteiger partial charge is 0.354 e. The van der Waals surface area contributed by atoms with Crippen molar-refractivity contribution in [3.05, 3.63) is 23.9 Å². The average molecular weight is 273 g/mol. The minimum absolute atomic E-state index is 0.698. The third kappa shape index (κ3) is 3.32. The van der Waals surface area contributed by atoms with Crippen molar-refractivity contribution < 1.29 is 0 Å². The number of nitrogens with zero attached hydrogens (tertiary/aromatic N) is 2. The van der Waals surface area contributed by atoms with E-state index in [2.05, 4.69) is 29.3 Å². The Morgan fingerprint density at radius 1 is 1.20 bits per heavy atom. The van der Waals surface area contributed by atoms with Crippen molar-refractivity contribution in [1.29, 1.82) is 0 Å². The monoisotopic (exact) mass is 273 g/mol. The van der Waals surface area contributed by atoms with Gasteiger partial charge in [0.1, 0.15) is 5.82 Å². The maximum absolute atomic E-state index is 4.71. The Bertz CT molecular complexity index is 422. The van der Waals surface area contributed by atoms with Gasteiger partial charge < -0.3 is 10.2 Å². The van der Waals surface area contributed by atoms with Crippen LogP contribution in [-0.4, -0.2) is 23.6 Å². The normalized spacial score (nSPS) is 20.1. The zero-order chi connectivity index (χ0) is 13.8. The molecule has 3 heteroatoms. The summed E-state index contributed by atoms with van der Waals surface area (Å²) < 4.78 is 0. The number of hydrogen-bond donors (Lipinski definition) is 1. The number of aromatic nitrogens is 1. The molecule has 2 aliphatic carbocycles. The minimum atomic E-state index is 0.698. The number of rotatable bonds is 6. The smallest absolute Gasteiger partial charge is 0.133 e. The molecule has 0 aliphatic heterocycles. The van der Waals surface area contributed by atoms with Crippen molar-refractivity contribution >= 4 is 5.82 Å². The Kier molecular flexibility index (Phi) is 4.56. The fraction of sp³-hybridized carbons (Fsp3) is 0.706. The van der Waals surface area contributed by atoms with Gasteiger partial charge in [0, 0.05) is 36.9 Å². The van der Waals surface area contributed by atoms with E-state index in [9.17, 15) is 0 Å². The van der Waals surface area contributed by atoms with Crippen LogP contribution < -0.4 is 10.2 Å². The maximum Gasteiger partial charge on any atom is 0.133 e. The van der Waals surface area contributed by atoms with Crippen LogP contribution in [-0.2, 0) is 6.54 Å². The van der Waals surface area contributed by atoms with Crippen molar-refractivity contribution in [2.75, 3.05) is 11.4 Å². The molecule has 2 aliphatic rings. The topological polar surface area (TPSA) is 28.2 Å². The van der Waals surface area contributed by atoms with E-state index in [0.29, 0.717) is 6.04 Å². The van der Waals surface area contributed by atoms with E-state index >= 15 is 0 Å². The Hall–Kier alpha value is -1.09. The highest BCUT2D eigenvalue weighted by Crippen LogP contribution is 2.28. The van der Waals surface area contributed by atoms with Crippen LogP contribution in [0.5, 0.6) is 0 Å². The Labute approximate surface area is 122 Å². The second kappa shape index (κ2) is 6.57. The van der Waals surface area contributed by atoms with Gasteiger partial charge in [-0.25, -0.2) is 4.98 Å². The van der Waals surface area contributed by atoms with Gasteiger partial charge in [-0.1, -0.05) is 25.3 Å². The molecule has 2 saturated carbocycles. The summed E-state index contributed by atoms with van der Waals surface area (Å²) in [6.45, 7) is 4.30. The van der Waals surface area contributed by atoms with Crippen molar-refractivity contribution in [3.63, 3.8) is 0 Å². The van der Waals surface area contributed by atoms with Gasteiger partial charge in [-0.2, -0.15) is 0 Å². The van der Waals surface area contributed by atoms with Gasteiger partial charge in [0.2, 0.25) is 0 Å². The van der Waals surface area contributed by atoms with Gasteiger partial charge in [0.25, 0.3) is 0 Å². The first-order chi connectivity index (χ1) is 9.88. The molecule has 0 saturated heterocycles. The van der Waals surface area contributed by atoms with Crippen LogP contribution in [0.2, 0.25) is 0 Å². The molecular formula is C17H27N3. The van der Waals surface area contributed by atoms with Gasteiger partial charge in [-0.3, -0.25) is 0 Å². The molecule has 0 aromatic carbocycles. The Balaban J connectivity index is 1.74. The molecule has 1 aromatic rings. The van der Waals surface area contributed by atoms with Crippen molar-refractivity contribution in [3.8, 4) is 0 Å². The molecule has 1 heterocycles. The lowest BCUT2D eigenvalue weighted by Gasteiger charge is -2.35. The van der Waals surface area contributed by atoms with Gasteiger partial charge >= 0.3 is 0 Å². The Morgan fingerprint density at radius 3 is 2.70 bits per heavy atom. The highest BCUT2D eigenvalue weighted by Gasteiger charge is 2.24. The summed E-state index contributed by atoms with van der Waals surface area (Å²) >= 11 is 0. The quantitative estimate of drug-likeness (QED) is 0.860. The molecule has 1 N–H and O–H groups in total. The fourth-order valence-corrected chi connectivity index (χ4v) is 3.34. The van der Waals surface area contributed by atoms with E-state index in [4.69, 9.17) is 4.98 Å². The van der Waals surface area contributed by atoms with E-state index in [-0.39, 0.29) is 0 Å². The summed E-state index contributed by atoms with van der Waals surface area (Å²) in [5.74, 6) is 1.22. The number of pyridine rings is 1. The molecule has 0 spiro atoms. The predicted molar refractivity (Wildman–Crippen MR) is 84.0 cm³/mol. The van der Waals surface area contributed by atoms with Gasteiger partial charge in [0.15, 0.2) is 0 Å². The third-order valence-electron chi connectivity index (χ3n) is 4.65. The highest BCUT2D eigenvalue weighted by atomic mass is 15.2. The van der Waals surface area contributed by atoms with Crippen LogP contribution in [0.1, 0.15) is 57.4 Å². The molecular weight excluding hydrogens is 246 g/mol. The molecule has 0 amide bonds. The average Bonchev–Trinajstić information content (AvgIpc) is 3.32. The summed E-state index contributed by atoms with van der Waals surface area (Å²) in [5, 5.41) is 3.63. The molecule has 2 fully saturated rings. The zero-order valence-corrected chi connectivity index (χ0v) is 12.6. The van der Waals surface area contributed by atoms with Crippen molar-refractivity contribution in [2.24, 2.45) is 0 Å². The second-order valence-electron chi connectivity index (χ2n) is 6.22. The summed E-state index contributed by atoms with van der Waals surface area (Å²) in [5.41, 5.74) is 1.37. The van der Waals surface area contributed by atoms with Crippen LogP contribution in [0.4, 0.5) is 5.82 Å². The van der Waals surface area contributed by atoms with E-state index < -0.39 is 0 Å². The highest BCUT2D eigenvalue weighted by molar-refractivity contribution is 5.47. The summed E-state index contributed by atoms with van der Waals surface area (Å²) in [6, 6.07) is 5.77. The first-order valence-electron chi connectivity index (χ1n) is 8.32. The van der Waals surface area contributed by atoms with E-state index in [1.165, 1.54) is 56.3 Å². The number of hydrogen-bond acceptors (Lipinski definition) is 3. The van der Waals surface area contributed by atoms with Gasteiger partial charge in [0.05, 0.1) is 0 Å². The first-order valence-corrected chi connectivity index (χ1v) is 8.32. The van der Waals surface area contributed by atoms with E-state index in [1.807, 2.05) is 6.20 Å². The molecule has 0 radical (unpaired) electrons. The number of nitrogens with one attached hydrogen (secondary N) is 1. The lowest BCUT2D eigenvalue weighted by Crippen LogP contribution is -2.38. The molecule has 20 heavy (non-hydrogen) atoms. The molecule has 1 aromatic heterocycles. The predicted octanol–water partition coefficient (Wildman–Crippen LogP) is 3.49. The first kappa shape index (κ1) is 13.9. The molecule has 110 valence electrons. The summed E-state index contributed by atoms with van der Waals surface area (Å²) in [6.07, 6.45) is 11.5. The van der Waals surface area contributed by atoms with E-state index in [1.54, 1.807) is 0 Å². The van der Waals surface area contributed by atoms with Crippen LogP contribution >= 0.6 is 0 Å². The Morgan fingerprint density at radius 2 is 2.00 bits per heavy atom. The van der Waals surface area contributed by atoms with Gasteiger partial charge in [-0.15, -0.1) is 0 Å². The molecule has 0 bridgehead atoms. The lowest BCUT2D eigenvalue weighted by molar-refractivity contribution is 0.415. The van der Waals surface area contributed by atoms with Crippen molar-refractivity contribution in [2.45, 2.75) is 70.5 Å². The van der Waals surface area contributed by atoms with Crippen molar-refractivity contribution in [1.82, 2.24) is 10.3 Å². The molecule has 0 atom stereocenters. The van der Waals surface area contributed by atoms with Crippen LogP contribution in [0.25, 0.3) is 0 Å². The minimum Gasteiger partial charge on any atom is -0.354 e. The van der Waals surface area contributed by atoms with Crippen LogP contribution in [0.3, 0.4) is 0 Å². The van der Waals surface area contributed by atoms with Gasteiger partial charge in [-0.05, 0) is 38.7 Å². The molecule has 3 rings (SSSR count). The molecule has 0 unspecified atom stereocenters. The summed E-state index contributed by atoms with van der Waals surface area (Å²) in [7, 11) is 0. The SMILES string of the molecule is CCN(c1ncccc1CNC1CC1)C1CCCCC1. The standard InChI is InChI=1S/C17H27N3/c1-2-20(16-8-4-3-5-9-16)17-14(7-6-12-18-17)13-19-15-10-11-15/h6-7,12,15-16,19H,2-5,8-11,13H2,1H3. The third-order valence-corrected chi connectivity index (χ3v) is 4.65. The zero-order valence-electron chi connectivity index (χ0n) is 12.6. The second-order valence-corrected chi connectivity index (χ2v) is 6.22. The van der Waals surface area contributed by atoms with Crippen LogP contribution in [0.15, 0.2) is 18.3 Å².